The monoisotopic (exact) mass is 332 g/mol. The lowest BCUT2D eigenvalue weighted by atomic mass is 10.1. The van der Waals surface area contributed by atoms with E-state index in [1.165, 1.54) is 6.20 Å². The van der Waals surface area contributed by atoms with Gasteiger partial charge in [-0.25, -0.2) is 9.97 Å². The molecule has 0 fully saturated rings. The van der Waals surface area contributed by atoms with Gasteiger partial charge >= 0.3 is 0 Å². The molecule has 0 aliphatic heterocycles. The molecule has 126 valence electrons. The smallest absolute Gasteiger partial charge is 0.275 e. The first-order valence-corrected chi connectivity index (χ1v) is 8.06. The van der Waals surface area contributed by atoms with E-state index in [-0.39, 0.29) is 11.6 Å². The molecule has 1 heterocycles. The fourth-order valence-electron chi connectivity index (χ4n) is 2.42. The Morgan fingerprint density at radius 1 is 0.880 bits per heavy atom. The normalized spacial score (nSPS) is 10.4. The van der Waals surface area contributed by atoms with Gasteiger partial charge in [-0.3, -0.25) is 4.79 Å². The number of aromatic nitrogens is 2. The number of hydrogen-bond donors (Lipinski definition) is 2. The van der Waals surface area contributed by atoms with Crippen molar-refractivity contribution in [3.63, 3.8) is 0 Å². The van der Waals surface area contributed by atoms with E-state index in [0.29, 0.717) is 5.82 Å². The van der Waals surface area contributed by atoms with Crippen LogP contribution in [0.25, 0.3) is 0 Å². The third-order valence-electron chi connectivity index (χ3n) is 3.93. The Kier molecular flexibility index (Phi) is 4.75. The summed E-state index contributed by atoms with van der Waals surface area (Å²) in [6.45, 7) is 5.96. The predicted octanol–water partition coefficient (Wildman–Crippen LogP) is 4.40. The minimum Gasteiger partial charge on any atom is -0.339 e. The van der Waals surface area contributed by atoms with Crippen LogP contribution in [0.15, 0.2) is 54.9 Å². The van der Waals surface area contributed by atoms with Crippen LogP contribution in [-0.2, 0) is 0 Å². The van der Waals surface area contributed by atoms with E-state index in [0.717, 1.165) is 28.1 Å². The highest BCUT2D eigenvalue weighted by molar-refractivity contribution is 6.03. The van der Waals surface area contributed by atoms with Crippen molar-refractivity contribution in [2.45, 2.75) is 20.8 Å². The molecule has 0 radical (unpaired) electrons. The number of hydrogen-bond acceptors (Lipinski definition) is 4. The molecule has 25 heavy (non-hydrogen) atoms. The number of nitrogens with one attached hydrogen (secondary N) is 2. The maximum absolute atomic E-state index is 12.4. The molecule has 5 heteroatoms. The quantitative estimate of drug-likeness (QED) is 0.743. The van der Waals surface area contributed by atoms with Crippen molar-refractivity contribution in [1.82, 2.24) is 9.97 Å². The van der Waals surface area contributed by atoms with E-state index in [1.807, 2.05) is 63.2 Å². The highest BCUT2D eigenvalue weighted by Crippen LogP contribution is 2.19. The molecule has 0 saturated heterocycles. The van der Waals surface area contributed by atoms with Gasteiger partial charge in [-0.05, 0) is 49.6 Å². The summed E-state index contributed by atoms with van der Waals surface area (Å²) >= 11 is 0. The Balaban J connectivity index is 1.72. The molecule has 0 atom stereocenters. The van der Waals surface area contributed by atoms with Crippen LogP contribution in [0.3, 0.4) is 0 Å². The number of para-hydroxylation sites is 1. The van der Waals surface area contributed by atoms with Crippen LogP contribution in [0.5, 0.6) is 0 Å². The molecule has 0 unspecified atom stereocenters. The average Bonchev–Trinajstić information content (AvgIpc) is 2.61. The summed E-state index contributed by atoms with van der Waals surface area (Å²) in [5.74, 6) is 0.321. The summed E-state index contributed by atoms with van der Waals surface area (Å²) in [7, 11) is 0. The van der Waals surface area contributed by atoms with Gasteiger partial charge in [-0.1, -0.05) is 30.3 Å². The topological polar surface area (TPSA) is 66.9 Å². The van der Waals surface area contributed by atoms with Gasteiger partial charge in [0.25, 0.3) is 5.91 Å². The van der Waals surface area contributed by atoms with E-state index >= 15 is 0 Å². The van der Waals surface area contributed by atoms with Gasteiger partial charge in [-0.15, -0.1) is 0 Å². The van der Waals surface area contributed by atoms with Gasteiger partial charge in [0, 0.05) is 11.4 Å². The van der Waals surface area contributed by atoms with Crippen molar-refractivity contribution in [2.24, 2.45) is 0 Å². The summed E-state index contributed by atoms with van der Waals surface area (Å²) in [6.07, 6.45) is 3.03. The number of rotatable bonds is 4. The maximum Gasteiger partial charge on any atom is 0.275 e. The average molecular weight is 332 g/mol. The fourth-order valence-corrected chi connectivity index (χ4v) is 2.42. The molecule has 5 nitrogen and oxygen atoms in total. The van der Waals surface area contributed by atoms with Crippen LogP contribution < -0.4 is 10.6 Å². The van der Waals surface area contributed by atoms with Crippen LogP contribution in [0.1, 0.15) is 27.2 Å². The molecule has 2 aromatic carbocycles. The lowest BCUT2D eigenvalue weighted by Gasteiger charge is -2.10. The highest BCUT2D eigenvalue weighted by Gasteiger charge is 2.10. The van der Waals surface area contributed by atoms with Crippen LogP contribution >= 0.6 is 0 Å². The summed E-state index contributed by atoms with van der Waals surface area (Å²) in [5.41, 5.74) is 5.23. The zero-order chi connectivity index (χ0) is 17.8. The molecule has 0 saturated carbocycles. The Labute approximate surface area is 147 Å². The largest absolute Gasteiger partial charge is 0.339 e. The minimum atomic E-state index is -0.274. The first-order valence-electron chi connectivity index (χ1n) is 8.06. The van der Waals surface area contributed by atoms with Crippen LogP contribution in [0, 0.1) is 20.8 Å². The summed E-state index contributed by atoms with van der Waals surface area (Å²) in [4.78, 5) is 20.9. The molecule has 0 aliphatic carbocycles. The molecule has 1 amide bonds. The Hall–Kier alpha value is -3.21. The number of nitrogens with zero attached hydrogens (tertiary/aromatic N) is 2. The lowest BCUT2D eigenvalue weighted by Crippen LogP contribution is -2.15. The number of carbonyl (C=O) groups is 1. The number of amides is 1. The summed E-state index contributed by atoms with van der Waals surface area (Å²) in [6, 6.07) is 13.8. The minimum absolute atomic E-state index is 0.274. The third-order valence-corrected chi connectivity index (χ3v) is 3.93. The van der Waals surface area contributed by atoms with Crippen molar-refractivity contribution in [3.05, 3.63) is 77.2 Å². The first-order chi connectivity index (χ1) is 12.0. The fraction of sp³-hybridized carbons (Fsp3) is 0.150. The van der Waals surface area contributed by atoms with Crippen LogP contribution in [0.4, 0.5) is 17.2 Å². The van der Waals surface area contributed by atoms with Crippen molar-refractivity contribution in [2.75, 3.05) is 10.6 Å². The second-order valence-corrected chi connectivity index (χ2v) is 6.00. The molecular formula is C20H20N4O. The van der Waals surface area contributed by atoms with Crippen molar-refractivity contribution < 1.29 is 4.79 Å². The molecule has 3 aromatic rings. The van der Waals surface area contributed by atoms with Crippen molar-refractivity contribution in [1.29, 1.82) is 0 Å². The van der Waals surface area contributed by atoms with Gasteiger partial charge in [-0.2, -0.15) is 0 Å². The zero-order valence-electron chi connectivity index (χ0n) is 14.5. The van der Waals surface area contributed by atoms with E-state index in [1.54, 1.807) is 6.20 Å². The standard InChI is InChI=1S/C20H20N4O/c1-13-8-9-15(3)17(10-13)24-20(25)18-11-22-19(12-21-18)23-16-7-5-4-6-14(16)2/h4-12H,1-3H3,(H,22,23)(H,24,25). The number of anilines is 3. The SMILES string of the molecule is Cc1ccc(C)c(NC(=O)c2cnc(Nc3ccccc3C)cn2)c1. The number of carbonyl (C=O) groups excluding carboxylic acids is 1. The predicted molar refractivity (Wildman–Crippen MR) is 100 cm³/mol. The van der Waals surface area contributed by atoms with Gasteiger partial charge in [0.15, 0.2) is 0 Å². The van der Waals surface area contributed by atoms with Gasteiger partial charge in [0.2, 0.25) is 0 Å². The Bertz CT molecular complexity index is 904. The van der Waals surface area contributed by atoms with E-state index in [2.05, 4.69) is 20.6 Å². The van der Waals surface area contributed by atoms with Crippen LogP contribution in [0.2, 0.25) is 0 Å². The molecule has 0 spiro atoms. The van der Waals surface area contributed by atoms with Gasteiger partial charge in [0.05, 0.1) is 12.4 Å². The van der Waals surface area contributed by atoms with E-state index < -0.39 is 0 Å². The van der Waals surface area contributed by atoms with E-state index in [9.17, 15) is 4.79 Å². The number of aryl methyl sites for hydroxylation is 3. The maximum atomic E-state index is 12.4. The van der Waals surface area contributed by atoms with Crippen molar-refractivity contribution >= 4 is 23.1 Å². The molecule has 0 bridgehead atoms. The van der Waals surface area contributed by atoms with Gasteiger partial charge < -0.3 is 10.6 Å². The Morgan fingerprint density at radius 3 is 2.36 bits per heavy atom. The van der Waals surface area contributed by atoms with Crippen LogP contribution in [-0.4, -0.2) is 15.9 Å². The highest BCUT2D eigenvalue weighted by atomic mass is 16.1. The lowest BCUT2D eigenvalue weighted by molar-refractivity contribution is 0.102. The van der Waals surface area contributed by atoms with Gasteiger partial charge in [0.1, 0.15) is 11.5 Å². The zero-order valence-corrected chi connectivity index (χ0v) is 14.5. The molecule has 3 rings (SSSR count). The summed E-state index contributed by atoms with van der Waals surface area (Å²) < 4.78 is 0. The molecule has 1 aromatic heterocycles. The number of benzene rings is 2. The Morgan fingerprint density at radius 2 is 1.64 bits per heavy atom. The first kappa shape index (κ1) is 16.6. The second kappa shape index (κ2) is 7.13. The molecule has 2 N–H and O–H groups in total. The third kappa shape index (κ3) is 4.01. The van der Waals surface area contributed by atoms with E-state index in [4.69, 9.17) is 0 Å². The summed E-state index contributed by atoms with van der Waals surface area (Å²) in [5, 5.41) is 6.08. The second-order valence-electron chi connectivity index (χ2n) is 6.00. The molecular weight excluding hydrogens is 312 g/mol. The van der Waals surface area contributed by atoms with Crippen molar-refractivity contribution in [3.8, 4) is 0 Å². The molecule has 0 aliphatic rings.